The lowest BCUT2D eigenvalue weighted by molar-refractivity contribution is -0.130. The normalized spacial score (nSPS) is 16.6. The lowest BCUT2D eigenvalue weighted by atomic mass is 10.0. The molecule has 1 amide bonds. The van der Waals surface area contributed by atoms with Crippen molar-refractivity contribution in [2.75, 3.05) is 0 Å². The Morgan fingerprint density at radius 3 is 2.43 bits per heavy atom. The summed E-state index contributed by atoms with van der Waals surface area (Å²) in [6, 6.07) is 17.8. The molecular formula is C19H20BrNO2. The SMILES string of the molecule is O=C(NC1(c2ccccc2Br)CC1)[C@@H](O)CCc1ccccc1. The van der Waals surface area contributed by atoms with Crippen molar-refractivity contribution in [3.63, 3.8) is 0 Å². The first-order chi connectivity index (χ1) is 11.1. The molecule has 1 aliphatic rings. The van der Waals surface area contributed by atoms with E-state index in [2.05, 4.69) is 21.2 Å². The van der Waals surface area contributed by atoms with E-state index in [1.54, 1.807) is 0 Å². The molecule has 0 heterocycles. The summed E-state index contributed by atoms with van der Waals surface area (Å²) in [5.74, 6) is -0.283. The second-order valence-corrected chi connectivity index (χ2v) is 6.95. The molecule has 120 valence electrons. The van der Waals surface area contributed by atoms with E-state index in [1.165, 1.54) is 0 Å². The van der Waals surface area contributed by atoms with Crippen LogP contribution in [0, 0.1) is 0 Å². The number of carbonyl (C=O) groups is 1. The highest BCUT2D eigenvalue weighted by molar-refractivity contribution is 9.10. The molecule has 3 rings (SSSR count). The highest BCUT2D eigenvalue weighted by Gasteiger charge is 2.47. The average molecular weight is 374 g/mol. The standard InChI is InChI=1S/C19H20BrNO2/c20-16-9-5-4-8-15(16)19(12-13-19)21-18(23)17(22)11-10-14-6-2-1-3-7-14/h1-9,17,22H,10-13H2,(H,21,23)/t17-/m0/s1. The third kappa shape index (κ3) is 3.82. The zero-order valence-corrected chi connectivity index (χ0v) is 14.4. The van der Waals surface area contributed by atoms with Crippen molar-refractivity contribution in [2.45, 2.75) is 37.3 Å². The Balaban J connectivity index is 1.59. The molecule has 0 unspecified atom stereocenters. The van der Waals surface area contributed by atoms with E-state index in [4.69, 9.17) is 0 Å². The third-order valence-corrected chi connectivity index (χ3v) is 5.05. The van der Waals surface area contributed by atoms with E-state index in [-0.39, 0.29) is 11.4 Å². The number of rotatable bonds is 6. The summed E-state index contributed by atoms with van der Waals surface area (Å²) >= 11 is 3.55. The average Bonchev–Trinajstić information content (AvgIpc) is 3.34. The maximum absolute atomic E-state index is 12.3. The van der Waals surface area contributed by atoms with E-state index < -0.39 is 6.10 Å². The van der Waals surface area contributed by atoms with Gasteiger partial charge in [0.1, 0.15) is 6.10 Å². The maximum atomic E-state index is 12.3. The second-order valence-electron chi connectivity index (χ2n) is 6.09. The zero-order valence-electron chi connectivity index (χ0n) is 12.8. The van der Waals surface area contributed by atoms with Crippen LogP contribution in [-0.2, 0) is 16.8 Å². The Labute approximate surface area is 144 Å². The number of benzene rings is 2. The summed E-state index contributed by atoms with van der Waals surface area (Å²) < 4.78 is 0.997. The van der Waals surface area contributed by atoms with Crippen molar-refractivity contribution >= 4 is 21.8 Å². The highest BCUT2D eigenvalue weighted by atomic mass is 79.9. The number of carbonyl (C=O) groups excluding carboxylic acids is 1. The van der Waals surface area contributed by atoms with Gasteiger partial charge in [-0.25, -0.2) is 0 Å². The summed E-state index contributed by atoms with van der Waals surface area (Å²) in [5, 5.41) is 13.2. The molecule has 0 aromatic heterocycles. The van der Waals surface area contributed by atoms with Crippen LogP contribution < -0.4 is 5.32 Å². The fourth-order valence-electron chi connectivity index (χ4n) is 2.83. The minimum atomic E-state index is -0.977. The molecule has 1 fully saturated rings. The van der Waals surface area contributed by atoms with Crippen LogP contribution in [0.5, 0.6) is 0 Å². The van der Waals surface area contributed by atoms with Crippen LogP contribution in [0.25, 0.3) is 0 Å². The summed E-state index contributed by atoms with van der Waals surface area (Å²) in [6.07, 6.45) is 1.97. The number of halogens is 1. The van der Waals surface area contributed by atoms with Gasteiger partial charge in [0.25, 0.3) is 0 Å². The molecule has 0 spiro atoms. The number of nitrogens with one attached hydrogen (secondary N) is 1. The van der Waals surface area contributed by atoms with Gasteiger partial charge in [-0.1, -0.05) is 64.5 Å². The Bertz CT molecular complexity index is 683. The lowest BCUT2D eigenvalue weighted by Crippen LogP contribution is -2.41. The molecule has 2 aromatic carbocycles. The van der Waals surface area contributed by atoms with Crippen molar-refractivity contribution in [3.05, 3.63) is 70.2 Å². The Kier molecular flexibility index (Phi) is 4.83. The van der Waals surface area contributed by atoms with E-state index in [0.717, 1.165) is 28.4 Å². The largest absolute Gasteiger partial charge is 0.383 e. The second kappa shape index (κ2) is 6.85. The first-order valence-electron chi connectivity index (χ1n) is 7.90. The van der Waals surface area contributed by atoms with Crippen LogP contribution in [0.1, 0.15) is 30.4 Å². The first kappa shape index (κ1) is 16.2. The molecule has 2 N–H and O–H groups in total. The summed E-state index contributed by atoms with van der Waals surface area (Å²) in [5.41, 5.74) is 1.90. The van der Waals surface area contributed by atoms with Gasteiger partial charge < -0.3 is 10.4 Å². The monoisotopic (exact) mass is 373 g/mol. The van der Waals surface area contributed by atoms with Crippen molar-refractivity contribution in [2.24, 2.45) is 0 Å². The van der Waals surface area contributed by atoms with Gasteiger partial charge in [-0.05, 0) is 42.9 Å². The third-order valence-electron chi connectivity index (χ3n) is 4.35. The van der Waals surface area contributed by atoms with Gasteiger partial charge >= 0.3 is 0 Å². The van der Waals surface area contributed by atoms with Crippen LogP contribution in [0.2, 0.25) is 0 Å². The predicted octanol–water partition coefficient (Wildman–Crippen LogP) is 3.55. The summed E-state index contributed by atoms with van der Waals surface area (Å²) in [4.78, 5) is 12.3. The Morgan fingerprint density at radius 2 is 1.78 bits per heavy atom. The molecule has 1 aliphatic carbocycles. The molecule has 0 bridgehead atoms. The van der Waals surface area contributed by atoms with Crippen LogP contribution >= 0.6 is 15.9 Å². The molecule has 0 radical (unpaired) electrons. The molecule has 3 nitrogen and oxygen atoms in total. The number of aliphatic hydroxyl groups excluding tert-OH is 1. The molecule has 2 aromatic rings. The zero-order chi connectivity index (χ0) is 16.3. The number of amides is 1. The van der Waals surface area contributed by atoms with Crippen LogP contribution in [-0.4, -0.2) is 17.1 Å². The number of aryl methyl sites for hydroxylation is 1. The highest BCUT2D eigenvalue weighted by Crippen LogP contribution is 2.48. The number of hydrogen-bond donors (Lipinski definition) is 2. The van der Waals surface area contributed by atoms with Crippen molar-refractivity contribution < 1.29 is 9.90 Å². The van der Waals surface area contributed by atoms with E-state index in [0.29, 0.717) is 12.8 Å². The van der Waals surface area contributed by atoms with Gasteiger partial charge in [0.15, 0.2) is 0 Å². The Morgan fingerprint density at radius 1 is 1.13 bits per heavy atom. The fourth-order valence-corrected chi connectivity index (χ4v) is 3.50. The molecule has 0 aliphatic heterocycles. The van der Waals surface area contributed by atoms with Gasteiger partial charge in [0.2, 0.25) is 5.91 Å². The number of aliphatic hydroxyl groups is 1. The molecule has 4 heteroatoms. The van der Waals surface area contributed by atoms with Crippen molar-refractivity contribution in [1.29, 1.82) is 0 Å². The van der Waals surface area contributed by atoms with Gasteiger partial charge in [0.05, 0.1) is 5.54 Å². The van der Waals surface area contributed by atoms with Gasteiger partial charge in [0, 0.05) is 4.47 Å². The predicted molar refractivity (Wildman–Crippen MR) is 94.0 cm³/mol. The minimum absolute atomic E-state index is 0.283. The molecule has 1 saturated carbocycles. The first-order valence-corrected chi connectivity index (χ1v) is 8.69. The molecule has 0 saturated heterocycles. The summed E-state index contributed by atoms with van der Waals surface area (Å²) in [7, 11) is 0. The van der Waals surface area contributed by atoms with Crippen LogP contribution in [0.3, 0.4) is 0 Å². The van der Waals surface area contributed by atoms with Gasteiger partial charge in [-0.15, -0.1) is 0 Å². The smallest absolute Gasteiger partial charge is 0.249 e. The Hall–Kier alpha value is -1.65. The van der Waals surface area contributed by atoms with E-state index in [1.807, 2.05) is 54.6 Å². The molecule has 1 atom stereocenters. The van der Waals surface area contributed by atoms with Crippen molar-refractivity contribution in [1.82, 2.24) is 5.32 Å². The maximum Gasteiger partial charge on any atom is 0.249 e. The number of hydrogen-bond acceptors (Lipinski definition) is 2. The van der Waals surface area contributed by atoms with E-state index >= 15 is 0 Å². The van der Waals surface area contributed by atoms with Crippen molar-refractivity contribution in [3.8, 4) is 0 Å². The molecular weight excluding hydrogens is 354 g/mol. The minimum Gasteiger partial charge on any atom is -0.383 e. The summed E-state index contributed by atoms with van der Waals surface area (Å²) in [6.45, 7) is 0. The fraction of sp³-hybridized carbons (Fsp3) is 0.316. The lowest BCUT2D eigenvalue weighted by Gasteiger charge is -2.21. The van der Waals surface area contributed by atoms with Crippen LogP contribution in [0.4, 0.5) is 0 Å². The van der Waals surface area contributed by atoms with Crippen LogP contribution in [0.15, 0.2) is 59.1 Å². The topological polar surface area (TPSA) is 49.3 Å². The van der Waals surface area contributed by atoms with Gasteiger partial charge in [-0.2, -0.15) is 0 Å². The quantitative estimate of drug-likeness (QED) is 0.813. The van der Waals surface area contributed by atoms with E-state index in [9.17, 15) is 9.90 Å². The molecule has 23 heavy (non-hydrogen) atoms. The van der Waals surface area contributed by atoms with Gasteiger partial charge in [-0.3, -0.25) is 4.79 Å².